The monoisotopic (exact) mass is 343 g/mol. The molecule has 1 fully saturated rings. The third-order valence-electron chi connectivity index (χ3n) is 3.22. The maximum Gasteiger partial charge on any atom is 0.407 e. The first-order valence-corrected chi connectivity index (χ1v) is 8.59. The Morgan fingerprint density at radius 2 is 2.00 bits per heavy atom. The van der Waals surface area contributed by atoms with Crippen LogP contribution in [0, 0.1) is 0 Å². The van der Waals surface area contributed by atoms with Gasteiger partial charge < -0.3 is 30.3 Å². The molecule has 0 saturated carbocycles. The summed E-state index contributed by atoms with van der Waals surface area (Å²) in [6.45, 7) is 12.6. The number of ether oxygens (including phenoxy) is 2. The molecule has 0 aliphatic carbocycles. The molecule has 0 bridgehead atoms. The van der Waals surface area contributed by atoms with E-state index in [0.717, 1.165) is 32.2 Å². The Balaban J connectivity index is 2.29. The summed E-state index contributed by atoms with van der Waals surface area (Å²) < 4.78 is 10.9. The van der Waals surface area contributed by atoms with Crippen molar-refractivity contribution in [3.05, 3.63) is 0 Å². The Bertz CT molecular complexity index is 409. The smallest absolute Gasteiger partial charge is 0.407 e. The van der Waals surface area contributed by atoms with Crippen LogP contribution in [0.15, 0.2) is 4.99 Å². The summed E-state index contributed by atoms with van der Waals surface area (Å²) in [5.74, 6) is 0.723. The summed E-state index contributed by atoms with van der Waals surface area (Å²) in [4.78, 5) is 18.4. The summed E-state index contributed by atoms with van der Waals surface area (Å²) >= 11 is 0. The summed E-state index contributed by atoms with van der Waals surface area (Å²) in [5, 5.41) is 9.08. The molecule has 1 unspecified atom stereocenters. The first-order chi connectivity index (χ1) is 11.3. The lowest BCUT2D eigenvalue weighted by molar-refractivity contribution is -0.0136. The molecule has 3 N–H and O–H groups in total. The number of morpholine rings is 1. The lowest BCUT2D eigenvalue weighted by atomic mass is 10.2. The predicted molar refractivity (Wildman–Crippen MR) is 95.5 cm³/mol. The fraction of sp³-hybridized carbons (Fsp3) is 0.875. The van der Waals surface area contributed by atoms with Crippen molar-refractivity contribution in [2.75, 3.05) is 52.9 Å². The molecule has 1 aliphatic rings. The minimum absolute atomic E-state index is 0.124. The molecule has 1 atom stereocenters. The highest BCUT2D eigenvalue weighted by Crippen LogP contribution is 2.06. The zero-order chi connectivity index (χ0) is 18.0. The fourth-order valence-electron chi connectivity index (χ4n) is 2.17. The van der Waals surface area contributed by atoms with E-state index in [4.69, 9.17) is 9.47 Å². The van der Waals surface area contributed by atoms with Gasteiger partial charge in [-0.05, 0) is 34.7 Å². The van der Waals surface area contributed by atoms with Gasteiger partial charge in [0, 0.05) is 32.7 Å². The molecule has 1 saturated heterocycles. The van der Waals surface area contributed by atoms with Gasteiger partial charge in [0.25, 0.3) is 0 Å². The van der Waals surface area contributed by atoms with Crippen molar-refractivity contribution in [1.82, 2.24) is 20.9 Å². The van der Waals surface area contributed by atoms with E-state index in [0.29, 0.717) is 19.6 Å². The number of rotatable bonds is 6. The number of alkyl carbamates (subject to hydrolysis) is 1. The van der Waals surface area contributed by atoms with Crippen LogP contribution >= 0.6 is 0 Å². The number of carbonyl (C=O) groups is 1. The van der Waals surface area contributed by atoms with Crippen LogP contribution in [0.4, 0.5) is 4.79 Å². The highest BCUT2D eigenvalue weighted by Gasteiger charge is 2.17. The summed E-state index contributed by atoms with van der Waals surface area (Å²) in [6, 6.07) is 0. The summed E-state index contributed by atoms with van der Waals surface area (Å²) in [7, 11) is 2.09. The molecule has 1 amide bonds. The van der Waals surface area contributed by atoms with Crippen LogP contribution in [0.5, 0.6) is 0 Å². The van der Waals surface area contributed by atoms with E-state index >= 15 is 0 Å². The first kappa shape index (κ1) is 20.5. The largest absolute Gasteiger partial charge is 0.444 e. The number of nitrogens with zero attached hydrogens (tertiary/aromatic N) is 2. The number of amides is 1. The Morgan fingerprint density at radius 3 is 2.62 bits per heavy atom. The number of hydrogen-bond acceptors (Lipinski definition) is 5. The average molecular weight is 343 g/mol. The molecule has 0 aromatic carbocycles. The second-order valence-electron chi connectivity index (χ2n) is 6.83. The normalized spacial score (nSPS) is 19.7. The Morgan fingerprint density at radius 1 is 1.29 bits per heavy atom. The zero-order valence-corrected chi connectivity index (χ0v) is 15.6. The minimum atomic E-state index is -0.485. The van der Waals surface area contributed by atoms with Crippen LogP contribution in [0.3, 0.4) is 0 Å². The van der Waals surface area contributed by atoms with Gasteiger partial charge in [0.05, 0.1) is 19.3 Å². The third kappa shape index (κ3) is 9.57. The molecule has 1 aliphatic heterocycles. The maximum absolute atomic E-state index is 11.6. The lowest BCUT2D eigenvalue weighted by Crippen LogP contribution is -2.44. The van der Waals surface area contributed by atoms with Crippen molar-refractivity contribution in [2.45, 2.75) is 39.4 Å². The Labute approximate surface area is 145 Å². The van der Waals surface area contributed by atoms with Gasteiger partial charge >= 0.3 is 6.09 Å². The van der Waals surface area contributed by atoms with E-state index in [-0.39, 0.29) is 6.10 Å². The quantitative estimate of drug-likeness (QED) is 0.368. The number of aliphatic imine (C=N–C) groups is 1. The standard InChI is InChI=1S/C16H33N5O3/c1-6-17-14(20-11-13-12-21(5)9-10-23-13)18-7-8-19-15(22)24-16(2,3)4/h13H,6-12H2,1-5H3,(H,19,22)(H2,17,18,20). The van der Waals surface area contributed by atoms with Crippen LogP contribution in [-0.2, 0) is 9.47 Å². The lowest BCUT2D eigenvalue weighted by Gasteiger charge is -2.29. The van der Waals surface area contributed by atoms with E-state index in [2.05, 4.69) is 32.9 Å². The highest BCUT2D eigenvalue weighted by molar-refractivity contribution is 5.79. The van der Waals surface area contributed by atoms with Crippen molar-refractivity contribution in [3.8, 4) is 0 Å². The van der Waals surface area contributed by atoms with Gasteiger partial charge in [-0.3, -0.25) is 4.99 Å². The number of likely N-dealkylation sites (N-methyl/N-ethyl adjacent to an activating group) is 1. The molecule has 0 aromatic heterocycles. The SMILES string of the molecule is CCNC(=NCC1CN(C)CCO1)NCCNC(=O)OC(C)(C)C. The van der Waals surface area contributed by atoms with Crippen molar-refractivity contribution >= 4 is 12.1 Å². The second kappa shape index (κ2) is 10.4. The van der Waals surface area contributed by atoms with Crippen LogP contribution in [-0.4, -0.2) is 81.6 Å². The van der Waals surface area contributed by atoms with Crippen LogP contribution in [0.1, 0.15) is 27.7 Å². The number of nitrogens with one attached hydrogen (secondary N) is 3. The molecular weight excluding hydrogens is 310 g/mol. The number of hydrogen-bond donors (Lipinski definition) is 3. The third-order valence-corrected chi connectivity index (χ3v) is 3.22. The molecule has 8 heteroatoms. The van der Waals surface area contributed by atoms with Crippen LogP contribution in [0.2, 0.25) is 0 Å². The summed E-state index contributed by atoms with van der Waals surface area (Å²) in [5.41, 5.74) is -0.485. The molecule has 140 valence electrons. The van der Waals surface area contributed by atoms with E-state index in [1.165, 1.54) is 0 Å². The van der Waals surface area contributed by atoms with Gasteiger partial charge in [-0.15, -0.1) is 0 Å². The van der Waals surface area contributed by atoms with Gasteiger partial charge in [-0.2, -0.15) is 0 Å². The maximum atomic E-state index is 11.6. The molecule has 1 heterocycles. The number of carbonyl (C=O) groups excluding carboxylic acids is 1. The molecule has 0 radical (unpaired) electrons. The van der Waals surface area contributed by atoms with E-state index < -0.39 is 11.7 Å². The molecule has 0 aromatic rings. The van der Waals surface area contributed by atoms with Crippen molar-refractivity contribution < 1.29 is 14.3 Å². The molecular formula is C16H33N5O3. The van der Waals surface area contributed by atoms with E-state index in [1.807, 2.05) is 27.7 Å². The zero-order valence-electron chi connectivity index (χ0n) is 15.6. The predicted octanol–water partition coefficient (Wildman–Crippen LogP) is 0.397. The van der Waals surface area contributed by atoms with Gasteiger partial charge in [-0.25, -0.2) is 4.79 Å². The van der Waals surface area contributed by atoms with Crippen molar-refractivity contribution in [1.29, 1.82) is 0 Å². The molecule has 1 rings (SSSR count). The minimum Gasteiger partial charge on any atom is -0.444 e. The van der Waals surface area contributed by atoms with E-state index in [9.17, 15) is 4.79 Å². The van der Waals surface area contributed by atoms with Gasteiger partial charge in [0.2, 0.25) is 0 Å². The number of guanidine groups is 1. The van der Waals surface area contributed by atoms with Crippen molar-refractivity contribution in [2.24, 2.45) is 4.99 Å². The molecule has 8 nitrogen and oxygen atoms in total. The first-order valence-electron chi connectivity index (χ1n) is 8.59. The topological polar surface area (TPSA) is 87.2 Å². The Hall–Kier alpha value is -1.54. The highest BCUT2D eigenvalue weighted by atomic mass is 16.6. The van der Waals surface area contributed by atoms with Gasteiger partial charge in [-0.1, -0.05) is 0 Å². The molecule has 0 spiro atoms. The summed E-state index contributed by atoms with van der Waals surface area (Å²) in [6.07, 6.45) is -0.288. The molecule has 24 heavy (non-hydrogen) atoms. The average Bonchev–Trinajstić information content (AvgIpc) is 2.47. The van der Waals surface area contributed by atoms with Crippen molar-refractivity contribution in [3.63, 3.8) is 0 Å². The van der Waals surface area contributed by atoms with E-state index in [1.54, 1.807) is 0 Å². The Kier molecular flexibility index (Phi) is 8.84. The van der Waals surface area contributed by atoms with Gasteiger partial charge in [0.15, 0.2) is 5.96 Å². The van der Waals surface area contributed by atoms with Gasteiger partial charge in [0.1, 0.15) is 5.60 Å². The van der Waals surface area contributed by atoms with Crippen LogP contribution in [0.25, 0.3) is 0 Å². The van der Waals surface area contributed by atoms with Crippen LogP contribution < -0.4 is 16.0 Å². The fourth-order valence-corrected chi connectivity index (χ4v) is 2.17. The second-order valence-corrected chi connectivity index (χ2v) is 6.83.